The lowest BCUT2D eigenvalue weighted by Gasteiger charge is -2.03. The van der Waals surface area contributed by atoms with Gasteiger partial charge in [0.25, 0.3) is 0 Å². The minimum Gasteiger partial charge on any atom is -0.362 e. The molecule has 102 valence electrons. The fourth-order valence-corrected chi connectivity index (χ4v) is 1.79. The van der Waals surface area contributed by atoms with E-state index in [0.29, 0.717) is 10.6 Å². The molecule has 4 heteroatoms. The maximum absolute atomic E-state index is 12.7. The van der Waals surface area contributed by atoms with Gasteiger partial charge in [-0.25, -0.2) is 4.39 Å². The molecule has 0 fully saturated rings. The number of allylic oxidation sites excluding steroid dienone is 1. The number of ketones is 1. The van der Waals surface area contributed by atoms with E-state index in [0.717, 1.165) is 11.3 Å². The second-order valence-corrected chi connectivity index (χ2v) is 4.72. The molecule has 0 radical (unpaired) electrons. The van der Waals surface area contributed by atoms with E-state index in [-0.39, 0.29) is 11.6 Å². The molecule has 2 aromatic carbocycles. The average molecular weight is 290 g/mol. The number of aryl methyl sites for hydroxylation is 1. The van der Waals surface area contributed by atoms with Crippen LogP contribution in [-0.2, 0) is 0 Å². The number of carbonyl (C=O) groups is 1. The predicted molar refractivity (Wildman–Crippen MR) is 79.7 cm³/mol. The highest BCUT2D eigenvalue weighted by Crippen LogP contribution is 2.19. The van der Waals surface area contributed by atoms with Gasteiger partial charge in [0.2, 0.25) is 0 Å². The minimum absolute atomic E-state index is 0.198. The molecule has 0 unspecified atom stereocenters. The molecular formula is C16H13ClFNO. The molecule has 0 saturated carbocycles. The van der Waals surface area contributed by atoms with Crippen LogP contribution in [0, 0.1) is 12.7 Å². The summed E-state index contributed by atoms with van der Waals surface area (Å²) in [7, 11) is 0. The molecule has 0 aliphatic rings. The Labute approximate surface area is 121 Å². The summed E-state index contributed by atoms with van der Waals surface area (Å²) in [6, 6.07) is 11.0. The van der Waals surface area contributed by atoms with E-state index >= 15 is 0 Å². The van der Waals surface area contributed by atoms with Crippen LogP contribution in [0.2, 0.25) is 5.02 Å². The third-order valence-corrected chi connectivity index (χ3v) is 3.19. The van der Waals surface area contributed by atoms with Gasteiger partial charge < -0.3 is 5.32 Å². The van der Waals surface area contributed by atoms with Crippen LogP contribution < -0.4 is 5.32 Å². The summed E-state index contributed by atoms with van der Waals surface area (Å²) >= 11 is 6.00. The summed E-state index contributed by atoms with van der Waals surface area (Å²) in [6.07, 6.45) is 2.92. The van der Waals surface area contributed by atoms with Gasteiger partial charge in [0.05, 0.1) is 0 Å². The molecule has 0 heterocycles. The van der Waals surface area contributed by atoms with E-state index in [9.17, 15) is 9.18 Å². The molecular weight excluding hydrogens is 277 g/mol. The van der Waals surface area contributed by atoms with E-state index in [2.05, 4.69) is 5.32 Å². The van der Waals surface area contributed by atoms with E-state index in [1.165, 1.54) is 36.5 Å². The Hall–Kier alpha value is -2.13. The highest BCUT2D eigenvalue weighted by atomic mass is 35.5. The Bertz CT molecular complexity index is 650. The molecule has 0 saturated heterocycles. The van der Waals surface area contributed by atoms with E-state index in [1.807, 2.05) is 19.1 Å². The maximum atomic E-state index is 12.7. The van der Waals surface area contributed by atoms with Gasteiger partial charge in [-0.2, -0.15) is 0 Å². The van der Waals surface area contributed by atoms with Crippen molar-refractivity contribution in [2.75, 3.05) is 5.32 Å². The first-order valence-corrected chi connectivity index (χ1v) is 6.43. The number of hydrogen-bond acceptors (Lipinski definition) is 2. The lowest BCUT2D eigenvalue weighted by atomic mass is 10.1. The van der Waals surface area contributed by atoms with Crippen LogP contribution in [0.4, 0.5) is 10.1 Å². The fraction of sp³-hybridized carbons (Fsp3) is 0.0625. The number of benzene rings is 2. The Morgan fingerprint density at radius 1 is 1.20 bits per heavy atom. The van der Waals surface area contributed by atoms with Crippen LogP contribution in [0.1, 0.15) is 15.9 Å². The van der Waals surface area contributed by atoms with Gasteiger partial charge in [-0.3, -0.25) is 4.79 Å². The first-order valence-electron chi connectivity index (χ1n) is 6.05. The van der Waals surface area contributed by atoms with Gasteiger partial charge in [-0.15, -0.1) is 0 Å². The monoisotopic (exact) mass is 289 g/mol. The van der Waals surface area contributed by atoms with Crippen molar-refractivity contribution >= 4 is 23.1 Å². The molecule has 0 spiro atoms. The number of hydrogen-bond donors (Lipinski definition) is 1. The zero-order valence-corrected chi connectivity index (χ0v) is 11.6. The molecule has 2 rings (SSSR count). The Balaban J connectivity index is 2.00. The third-order valence-electron chi connectivity index (χ3n) is 2.79. The third kappa shape index (κ3) is 3.68. The van der Waals surface area contributed by atoms with E-state index in [1.54, 1.807) is 6.07 Å². The number of carbonyl (C=O) groups excluding carboxylic acids is 1. The molecule has 0 aliphatic heterocycles. The van der Waals surface area contributed by atoms with Crippen molar-refractivity contribution in [1.29, 1.82) is 0 Å². The van der Waals surface area contributed by atoms with Gasteiger partial charge in [0.15, 0.2) is 5.78 Å². The van der Waals surface area contributed by atoms with Crippen LogP contribution in [0.15, 0.2) is 54.7 Å². The second-order valence-electron chi connectivity index (χ2n) is 4.31. The molecule has 2 aromatic rings. The normalized spacial score (nSPS) is 10.8. The topological polar surface area (TPSA) is 29.1 Å². The van der Waals surface area contributed by atoms with Crippen molar-refractivity contribution in [2.24, 2.45) is 0 Å². The van der Waals surface area contributed by atoms with Crippen LogP contribution in [-0.4, -0.2) is 5.78 Å². The van der Waals surface area contributed by atoms with Crippen LogP contribution in [0.3, 0.4) is 0 Å². The largest absolute Gasteiger partial charge is 0.362 e. The molecule has 0 aliphatic carbocycles. The van der Waals surface area contributed by atoms with E-state index < -0.39 is 0 Å². The zero-order valence-electron chi connectivity index (χ0n) is 10.9. The lowest BCUT2D eigenvalue weighted by Crippen LogP contribution is -1.96. The number of anilines is 1. The standard InChI is InChI=1S/C16H13ClFNO/c1-11-2-7-14(10-15(11)17)19-9-8-16(20)12-3-5-13(18)6-4-12/h2-10,19H,1H3. The molecule has 0 atom stereocenters. The van der Waals surface area contributed by atoms with Crippen molar-refractivity contribution in [3.63, 3.8) is 0 Å². The van der Waals surface area contributed by atoms with Gasteiger partial charge in [0, 0.05) is 28.5 Å². The van der Waals surface area contributed by atoms with Gasteiger partial charge in [0.1, 0.15) is 5.82 Å². The first kappa shape index (κ1) is 14.3. The lowest BCUT2D eigenvalue weighted by molar-refractivity contribution is 0.104. The maximum Gasteiger partial charge on any atom is 0.187 e. The Kier molecular flexibility index (Phi) is 4.53. The van der Waals surface area contributed by atoms with Gasteiger partial charge in [-0.1, -0.05) is 17.7 Å². The molecule has 0 amide bonds. The summed E-state index contributed by atoms with van der Waals surface area (Å²) in [5.74, 6) is -0.561. The van der Waals surface area contributed by atoms with Crippen molar-refractivity contribution in [1.82, 2.24) is 0 Å². The molecule has 20 heavy (non-hydrogen) atoms. The molecule has 0 aromatic heterocycles. The van der Waals surface area contributed by atoms with Crippen molar-refractivity contribution < 1.29 is 9.18 Å². The minimum atomic E-state index is -0.363. The number of nitrogens with one attached hydrogen (secondary N) is 1. The smallest absolute Gasteiger partial charge is 0.187 e. The highest BCUT2D eigenvalue weighted by molar-refractivity contribution is 6.31. The Morgan fingerprint density at radius 2 is 1.90 bits per heavy atom. The number of rotatable bonds is 4. The summed E-state index contributed by atoms with van der Waals surface area (Å²) in [5.41, 5.74) is 2.22. The molecule has 2 nitrogen and oxygen atoms in total. The summed E-state index contributed by atoms with van der Waals surface area (Å²) in [6.45, 7) is 1.92. The first-order chi connectivity index (χ1) is 9.56. The summed E-state index contributed by atoms with van der Waals surface area (Å²) in [5, 5.41) is 3.63. The van der Waals surface area contributed by atoms with Crippen molar-refractivity contribution in [3.05, 3.63) is 76.7 Å². The van der Waals surface area contributed by atoms with Crippen molar-refractivity contribution in [3.8, 4) is 0 Å². The average Bonchev–Trinajstić information content (AvgIpc) is 2.43. The molecule has 0 bridgehead atoms. The Morgan fingerprint density at radius 3 is 2.55 bits per heavy atom. The van der Waals surface area contributed by atoms with E-state index in [4.69, 9.17) is 11.6 Å². The zero-order chi connectivity index (χ0) is 14.5. The number of halogens is 2. The summed E-state index contributed by atoms with van der Waals surface area (Å²) in [4.78, 5) is 11.8. The highest BCUT2D eigenvalue weighted by Gasteiger charge is 2.01. The van der Waals surface area contributed by atoms with Crippen molar-refractivity contribution in [2.45, 2.75) is 6.92 Å². The van der Waals surface area contributed by atoms with Crippen LogP contribution in [0.5, 0.6) is 0 Å². The summed E-state index contributed by atoms with van der Waals surface area (Å²) < 4.78 is 12.7. The fourth-order valence-electron chi connectivity index (χ4n) is 1.61. The van der Waals surface area contributed by atoms with Gasteiger partial charge >= 0.3 is 0 Å². The van der Waals surface area contributed by atoms with Gasteiger partial charge in [-0.05, 0) is 48.9 Å². The van der Waals surface area contributed by atoms with Crippen LogP contribution >= 0.6 is 11.6 Å². The SMILES string of the molecule is Cc1ccc(NC=CC(=O)c2ccc(F)cc2)cc1Cl. The quantitative estimate of drug-likeness (QED) is 0.658. The second kappa shape index (κ2) is 6.35. The predicted octanol–water partition coefficient (Wildman–Crippen LogP) is 4.60. The van der Waals surface area contributed by atoms with Crippen LogP contribution in [0.25, 0.3) is 0 Å². The molecule has 1 N–H and O–H groups in total.